The Morgan fingerprint density at radius 2 is 1.79 bits per heavy atom. The van der Waals surface area contributed by atoms with Crippen LogP contribution >= 0.6 is 0 Å². The maximum Gasteiger partial charge on any atom is 0.101 e. The van der Waals surface area contributed by atoms with Crippen LogP contribution in [0.25, 0.3) is 10.9 Å². The Morgan fingerprint density at radius 3 is 2.58 bits per heavy atom. The SMILES string of the molecule is Cc1ccccc1Cn1cc(C#N)c2ccccc21. The van der Waals surface area contributed by atoms with E-state index in [4.69, 9.17) is 0 Å². The zero-order valence-electron chi connectivity index (χ0n) is 10.8. The predicted molar refractivity (Wildman–Crippen MR) is 76.9 cm³/mol. The van der Waals surface area contributed by atoms with Crippen molar-refractivity contribution in [1.82, 2.24) is 4.57 Å². The van der Waals surface area contributed by atoms with Crippen molar-refractivity contribution in [2.24, 2.45) is 0 Å². The van der Waals surface area contributed by atoms with Gasteiger partial charge in [-0.15, -0.1) is 0 Å². The average Bonchev–Trinajstić information content (AvgIpc) is 2.80. The van der Waals surface area contributed by atoms with E-state index < -0.39 is 0 Å². The Bertz CT molecular complexity index is 775. The van der Waals surface area contributed by atoms with Gasteiger partial charge in [0, 0.05) is 23.6 Å². The van der Waals surface area contributed by atoms with Crippen molar-refractivity contribution in [3.63, 3.8) is 0 Å². The first-order valence-electron chi connectivity index (χ1n) is 6.32. The highest BCUT2D eigenvalue weighted by molar-refractivity contribution is 5.86. The highest BCUT2D eigenvalue weighted by Crippen LogP contribution is 2.22. The van der Waals surface area contributed by atoms with E-state index in [-0.39, 0.29) is 0 Å². The number of rotatable bonds is 2. The topological polar surface area (TPSA) is 28.7 Å². The van der Waals surface area contributed by atoms with Gasteiger partial charge in [-0.25, -0.2) is 0 Å². The monoisotopic (exact) mass is 246 g/mol. The molecule has 1 heterocycles. The second-order valence-corrected chi connectivity index (χ2v) is 4.73. The number of hydrogen-bond donors (Lipinski definition) is 0. The fourth-order valence-electron chi connectivity index (χ4n) is 2.44. The lowest BCUT2D eigenvalue weighted by Gasteiger charge is -2.08. The average molecular weight is 246 g/mol. The predicted octanol–water partition coefficient (Wildman–Crippen LogP) is 3.87. The summed E-state index contributed by atoms with van der Waals surface area (Å²) in [6, 6.07) is 18.7. The van der Waals surface area contributed by atoms with Gasteiger partial charge in [-0.05, 0) is 24.1 Å². The van der Waals surface area contributed by atoms with Crippen molar-refractivity contribution < 1.29 is 0 Å². The van der Waals surface area contributed by atoms with E-state index in [0.29, 0.717) is 0 Å². The lowest BCUT2D eigenvalue weighted by atomic mass is 10.1. The molecule has 0 atom stereocenters. The molecule has 2 nitrogen and oxygen atoms in total. The lowest BCUT2D eigenvalue weighted by Crippen LogP contribution is -1.99. The van der Waals surface area contributed by atoms with Gasteiger partial charge in [-0.1, -0.05) is 42.5 Å². The number of aryl methyl sites for hydroxylation is 1. The standard InChI is InChI=1S/C17H14N2/c1-13-6-2-3-7-14(13)11-19-12-15(10-18)16-8-4-5-9-17(16)19/h2-9,12H,11H2,1H3. The molecule has 2 aromatic carbocycles. The van der Waals surface area contributed by atoms with Gasteiger partial charge in [0.1, 0.15) is 6.07 Å². The number of para-hydroxylation sites is 1. The van der Waals surface area contributed by atoms with Gasteiger partial charge in [-0.2, -0.15) is 5.26 Å². The van der Waals surface area contributed by atoms with Crippen LogP contribution < -0.4 is 0 Å². The molecule has 0 saturated carbocycles. The van der Waals surface area contributed by atoms with Crippen molar-refractivity contribution in [2.75, 3.05) is 0 Å². The Hall–Kier alpha value is -2.53. The van der Waals surface area contributed by atoms with E-state index in [0.717, 1.165) is 23.0 Å². The molecule has 0 aliphatic carbocycles. The molecule has 92 valence electrons. The zero-order chi connectivity index (χ0) is 13.2. The van der Waals surface area contributed by atoms with Crippen LogP contribution in [0.5, 0.6) is 0 Å². The van der Waals surface area contributed by atoms with Crippen LogP contribution in [0.2, 0.25) is 0 Å². The summed E-state index contributed by atoms with van der Waals surface area (Å²) in [5.41, 5.74) is 4.41. The van der Waals surface area contributed by atoms with Crippen LogP contribution in [0.4, 0.5) is 0 Å². The molecular formula is C17H14N2. The maximum atomic E-state index is 9.21. The molecule has 2 heteroatoms. The van der Waals surface area contributed by atoms with Gasteiger partial charge in [-0.3, -0.25) is 0 Å². The second kappa shape index (κ2) is 4.62. The van der Waals surface area contributed by atoms with E-state index in [9.17, 15) is 5.26 Å². The van der Waals surface area contributed by atoms with Crippen molar-refractivity contribution in [1.29, 1.82) is 5.26 Å². The zero-order valence-corrected chi connectivity index (χ0v) is 10.8. The first-order chi connectivity index (χ1) is 9.29. The smallest absolute Gasteiger partial charge is 0.101 e. The van der Waals surface area contributed by atoms with E-state index in [1.54, 1.807) is 0 Å². The van der Waals surface area contributed by atoms with Gasteiger partial charge in [0.05, 0.1) is 5.56 Å². The van der Waals surface area contributed by atoms with Gasteiger partial charge in [0.15, 0.2) is 0 Å². The third kappa shape index (κ3) is 2.00. The summed E-state index contributed by atoms with van der Waals surface area (Å²) < 4.78 is 2.15. The van der Waals surface area contributed by atoms with Crippen molar-refractivity contribution >= 4 is 10.9 Å². The molecule has 0 unspecified atom stereocenters. The minimum absolute atomic E-state index is 0.740. The summed E-state index contributed by atoms with van der Waals surface area (Å²) in [5, 5.41) is 10.2. The third-order valence-corrected chi connectivity index (χ3v) is 3.51. The summed E-state index contributed by atoms with van der Waals surface area (Å²) in [7, 11) is 0. The van der Waals surface area contributed by atoms with Crippen LogP contribution in [0, 0.1) is 18.3 Å². The summed E-state index contributed by atoms with van der Waals surface area (Å²) in [4.78, 5) is 0. The Kier molecular flexibility index (Phi) is 2.81. The Labute approximate surface area is 112 Å². The van der Waals surface area contributed by atoms with Gasteiger partial charge in [0.25, 0.3) is 0 Å². The van der Waals surface area contributed by atoms with E-state index in [2.05, 4.69) is 41.8 Å². The van der Waals surface area contributed by atoms with Crippen LogP contribution in [0.1, 0.15) is 16.7 Å². The summed E-state index contributed by atoms with van der Waals surface area (Å²) in [6.45, 7) is 2.92. The van der Waals surface area contributed by atoms with Gasteiger partial charge in [0.2, 0.25) is 0 Å². The molecule has 1 aromatic heterocycles. The molecule has 0 N–H and O–H groups in total. The summed E-state index contributed by atoms with van der Waals surface area (Å²) in [5.74, 6) is 0. The molecule has 0 fully saturated rings. The van der Waals surface area contributed by atoms with Crippen molar-refractivity contribution in [3.8, 4) is 6.07 Å². The van der Waals surface area contributed by atoms with Gasteiger partial charge < -0.3 is 4.57 Å². The number of aromatic nitrogens is 1. The minimum Gasteiger partial charge on any atom is -0.342 e. The molecule has 3 rings (SSSR count). The number of fused-ring (bicyclic) bond motifs is 1. The molecular weight excluding hydrogens is 232 g/mol. The molecule has 0 bridgehead atoms. The molecule has 19 heavy (non-hydrogen) atoms. The largest absolute Gasteiger partial charge is 0.342 e. The highest BCUT2D eigenvalue weighted by atomic mass is 15.0. The normalized spacial score (nSPS) is 10.5. The first kappa shape index (κ1) is 11.6. The minimum atomic E-state index is 0.740. The Morgan fingerprint density at radius 1 is 1.05 bits per heavy atom. The van der Waals surface area contributed by atoms with E-state index in [1.807, 2.05) is 30.5 Å². The summed E-state index contributed by atoms with van der Waals surface area (Å²) >= 11 is 0. The lowest BCUT2D eigenvalue weighted by molar-refractivity contribution is 0.829. The van der Waals surface area contributed by atoms with Crippen molar-refractivity contribution in [2.45, 2.75) is 13.5 Å². The number of hydrogen-bond acceptors (Lipinski definition) is 1. The van der Waals surface area contributed by atoms with Crippen molar-refractivity contribution in [3.05, 3.63) is 71.4 Å². The van der Waals surface area contributed by atoms with E-state index >= 15 is 0 Å². The number of nitriles is 1. The molecule has 0 saturated heterocycles. The molecule has 0 aliphatic rings. The molecule has 0 aliphatic heterocycles. The fourth-order valence-corrected chi connectivity index (χ4v) is 2.44. The highest BCUT2D eigenvalue weighted by Gasteiger charge is 2.08. The van der Waals surface area contributed by atoms with Crippen LogP contribution in [0.3, 0.4) is 0 Å². The number of benzene rings is 2. The van der Waals surface area contributed by atoms with Crippen LogP contribution in [-0.4, -0.2) is 4.57 Å². The molecule has 0 radical (unpaired) electrons. The summed E-state index contributed by atoms with van der Waals surface area (Å²) in [6.07, 6.45) is 1.94. The molecule has 3 aromatic rings. The Balaban J connectivity index is 2.12. The molecule has 0 spiro atoms. The van der Waals surface area contributed by atoms with Crippen LogP contribution in [-0.2, 0) is 6.54 Å². The third-order valence-electron chi connectivity index (χ3n) is 3.51. The second-order valence-electron chi connectivity index (χ2n) is 4.73. The van der Waals surface area contributed by atoms with Crippen LogP contribution in [0.15, 0.2) is 54.7 Å². The maximum absolute atomic E-state index is 9.21. The molecule has 0 amide bonds. The fraction of sp³-hybridized carbons (Fsp3) is 0.118. The van der Waals surface area contributed by atoms with E-state index in [1.165, 1.54) is 11.1 Å². The first-order valence-corrected chi connectivity index (χ1v) is 6.32. The van der Waals surface area contributed by atoms with Gasteiger partial charge >= 0.3 is 0 Å². The number of nitrogens with zero attached hydrogens (tertiary/aromatic N) is 2. The quantitative estimate of drug-likeness (QED) is 0.674.